The van der Waals surface area contributed by atoms with Gasteiger partial charge in [-0.15, -0.1) is 0 Å². The highest BCUT2D eigenvalue weighted by molar-refractivity contribution is 5.79. The number of guanidine groups is 1. The Morgan fingerprint density at radius 2 is 1.94 bits per heavy atom. The molecule has 2 aromatic rings. The third-order valence-corrected chi connectivity index (χ3v) is 5.38. The van der Waals surface area contributed by atoms with E-state index in [-0.39, 0.29) is 12.6 Å². The van der Waals surface area contributed by atoms with Crippen molar-refractivity contribution in [2.24, 2.45) is 4.99 Å². The number of aliphatic hydroxyl groups excluding tert-OH is 1. The van der Waals surface area contributed by atoms with Crippen molar-refractivity contribution in [1.82, 2.24) is 15.5 Å². The molecule has 1 aliphatic heterocycles. The van der Waals surface area contributed by atoms with E-state index in [1.54, 1.807) is 32.6 Å². The van der Waals surface area contributed by atoms with Crippen LogP contribution in [0.1, 0.15) is 30.4 Å². The van der Waals surface area contributed by atoms with Crippen LogP contribution in [-0.4, -0.2) is 76.1 Å². The zero-order valence-corrected chi connectivity index (χ0v) is 19.0. The molecule has 3 rings (SSSR count). The van der Waals surface area contributed by atoms with Gasteiger partial charge in [-0.1, -0.05) is 6.07 Å². The highest BCUT2D eigenvalue weighted by Crippen LogP contribution is 2.32. The minimum atomic E-state index is -0.755. The maximum atomic E-state index is 10.3. The second-order valence-corrected chi connectivity index (χ2v) is 7.41. The largest absolute Gasteiger partial charge is 0.493 e. The number of nitrogens with zero attached hydrogens (tertiary/aromatic N) is 2. The van der Waals surface area contributed by atoms with Crippen molar-refractivity contribution < 1.29 is 23.7 Å². The van der Waals surface area contributed by atoms with E-state index in [2.05, 4.69) is 21.6 Å². The minimum Gasteiger partial charge on any atom is -0.493 e. The Morgan fingerprint density at radius 3 is 2.59 bits per heavy atom. The van der Waals surface area contributed by atoms with Gasteiger partial charge in [-0.2, -0.15) is 0 Å². The lowest BCUT2D eigenvalue weighted by atomic mass is 10.0. The summed E-state index contributed by atoms with van der Waals surface area (Å²) in [7, 11) is 3.27. The summed E-state index contributed by atoms with van der Waals surface area (Å²) in [5.74, 6) is 2.54. The van der Waals surface area contributed by atoms with Crippen LogP contribution in [0.5, 0.6) is 11.5 Å². The quantitative estimate of drug-likeness (QED) is 0.376. The van der Waals surface area contributed by atoms with Gasteiger partial charge in [0.25, 0.3) is 0 Å². The molecule has 9 heteroatoms. The number of nitrogens with one attached hydrogen (secondary N) is 2. The van der Waals surface area contributed by atoms with Crippen molar-refractivity contribution >= 4 is 5.96 Å². The van der Waals surface area contributed by atoms with Crippen LogP contribution in [0, 0.1) is 0 Å². The molecular weight excluding hydrogens is 412 g/mol. The molecule has 2 unspecified atom stereocenters. The Kier molecular flexibility index (Phi) is 9.21. The van der Waals surface area contributed by atoms with Gasteiger partial charge < -0.3 is 34.4 Å². The molecule has 1 saturated heterocycles. The molecule has 1 aromatic heterocycles. The second kappa shape index (κ2) is 12.3. The number of morpholine rings is 1. The number of aliphatic hydroxyl groups is 1. The maximum Gasteiger partial charge on any atom is 0.191 e. The van der Waals surface area contributed by atoms with Gasteiger partial charge in [0.1, 0.15) is 11.9 Å². The molecule has 2 heterocycles. The van der Waals surface area contributed by atoms with Crippen LogP contribution in [-0.2, 0) is 4.74 Å². The van der Waals surface area contributed by atoms with Crippen molar-refractivity contribution in [3.63, 3.8) is 0 Å². The van der Waals surface area contributed by atoms with Crippen LogP contribution in [0.15, 0.2) is 46.0 Å². The molecule has 2 atom stereocenters. The van der Waals surface area contributed by atoms with Crippen molar-refractivity contribution in [3.05, 3.63) is 47.9 Å². The number of benzene rings is 1. The minimum absolute atomic E-state index is 0.0455. The second-order valence-electron chi connectivity index (χ2n) is 7.41. The lowest BCUT2D eigenvalue weighted by Gasteiger charge is -2.34. The van der Waals surface area contributed by atoms with Gasteiger partial charge >= 0.3 is 0 Å². The van der Waals surface area contributed by atoms with Gasteiger partial charge in [-0.25, -0.2) is 0 Å². The lowest BCUT2D eigenvalue weighted by molar-refractivity contribution is 0.0179. The van der Waals surface area contributed by atoms with E-state index in [9.17, 15) is 5.11 Å². The summed E-state index contributed by atoms with van der Waals surface area (Å²) in [4.78, 5) is 7.19. The fourth-order valence-electron chi connectivity index (χ4n) is 3.68. The smallest absolute Gasteiger partial charge is 0.191 e. The average molecular weight is 447 g/mol. The van der Waals surface area contributed by atoms with E-state index in [1.165, 1.54) is 0 Å². The first-order chi connectivity index (χ1) is 15.7. The van der Waals surface area contributed by atoms with Crippen molar-refractivity contribution in [2.45, 2.75) is 19.1 Å². The zero-order chi connectivity index (χ0) is 22.8. The Balaban J connectivity index is 1.76. The highest BCUT2D eigenvalue weighted by atomic mass is 16.5. The van der Waals surface area contributed by atoms with Crippen molar-refractivity contribution in [2.75, 3.05) is 60.2 Å². The summed E-state index contributed by atoms with van der Waals surface area (Å²) < 4.78 is 21.7. The van der Waals surface area contributed by atoms with Crippen molar-refractivity contribution in [3.8, 4) is 11.5 Å². The first-order valence-electron chi connectivity index (χ1n) is 10.9. The van der Waals surface area contributed by atoms with E-state index in [0.29, 0.717) is 49.5 Å². The number of aliphatic imine (C=N–C) groups is 1. The molecule has 9 nitrogen and oxygen atoms in total. The summed E-state index contributed by atoms with van der Waals surface area (Å²) in [5.41, 5.74) is 1.10. The normalized spacial score (nSPS) is 16.9. The molecule has 0 amide bonds. The first kappa shape index (κ1) is 23.9. The van der Waals surface area contributed by atoms with Crippen LogP contribution in [0.4, 0.5) is 0 Å². The fraction of sp³-hybridized carbons (Fsp3) is 0.522. The molecule has 0 saturated carbocycles. The number of furan rings is 1. The number of rotatable bonds is 10. The molecule has 1 aliphatic rings. The van der Waals surface area contributed by atoms with Gasteiger partial charge in [-0.05, 0) is 36.8 Å². The van der Waals surface area contributed by atoms with Gasteiger partial charge in [0, 0.05) is 19.6 Å². The topological polar surface area (TPSA) is 101 Å². The van der Waals surface area contributed by atoms with E-state index in [4.69, 9.17) is 23.6 Å². The molecule has 176 valence electrons. The standard InChI is InChI=1S/C23H34N4O5/c1-4-24-23(26-16-19(28)20-6-5-11-32-20)25-15-18(27-9-12-31-13-10-27)17-7-8-21(29-2)22(14-17)30-3/h5-8,11,14,18-19,28H,4,9-10,12-13,15-16H2,1-3H3,(H2,24,25,26). The summed E-state index contributed by atoms with van der Waals surface area (Å²) in [6, 6.07) is 9.54. The molecule has 1 aromatic carbocycles. The Bertz CT molecular complexity index is 837. The molecule has 0 aliphatic carbocycles. The summed E-state index contributed by atoms with van der Waals surface area (Å²) in [5, 5.41) is 16.7. The van der Waals surface area contributed by atoms with Gasteiger partial charge in [-0.3, -0.25) is 9.89 Å². The lowest BCUT2D eigenvalue weighted by Crippen LogP contribution is -2.42. The monoisotopic (exact) mass is 446 g/mol. The van der Waals surface area contributed by atoms with E-state index < -0.39 is 6.10 Å². The Morgan fingerprint density at radius 1 is 1.16 bits per heavy atom. The summed E-state index contributed by atoms with van der Waals surface area (Å²) in [6.45, 7) is 6.59. The number of methoxy groups -OCH3 is 2. The van der Waals surface area contributed by atoms with Gasteiger partial charge in [0.05, 0.1) is 52.8 Å². The van der Waals surface area contributed by atoms with Crippen LogP contribution in [0.25, 0.3) is 0 Å². The predicted molar refractivity (Wildman–Crippen MR) is 122 cm³/mol. The van der Waals surface area contributed by atoms with E-state index >= 15 is 0 Å². The highest BCUT2D eigenvalue weighted by Gasteiger charge is 2.24. The number of hydrogen-bond acceptors (Lipinski definition) is 7. The predicted octanol–water partition coefficient (Wildman–Crippen LogP) is 1.96. The fourth-order valence-corrected chi connectivity index (χ4v) is 3.68. The zero-order valence-electron chi connectivity index (χ0n) is 19.0. The summed E-state index contributed by atoms with van der Waals surface area (Å²) >= 11 is 0. The molecule has 0 radical (unpaired) electrons. The number of ether oxygens (including phenoxy) is 3. The SMILES string of the molecule is CCNC(=NCC(c1ccc(OC)c(OC)c1)N1CCOCC1)NCC(O)c1ccco1. The van der Waals surface area contributed by atoms with Gasteiger partial charge in [0.2, 0.25) is 0 Å². The summed E-state index contributed by atoms with van der Waals surface area (Å²) in [6.07, 6.45) is 0.795. The third-order valence-electron chi connectivity index (χ3n) is 5.38. The van der Waals surface area contributed by atoms with Crippen molar-refractivity contribution in [1.29, 1.82) is 0 Å². The van der Waals surface area contributed by atoms with Gasteiger partial charge in [0.15, 0.2) is 17.5 Å². The molecular formula is C23H34N4O5. The Hall–Kier alpha value is -2.75. The van der Waals surface area contributed by atoms with Crippen LogP contribution in [0.3, 0.4) is 0 Å². The Labute approximate surface area is 189 Å². The first-order valence-corrected chi connectivity index (χ1v) is 10.9. The average Bonchev–Trinajstić information content (AvgIpc) is 3.38. The molecule has 1 fully saturated rings. The van der Waals surface area contributed by atoms with E-state index in [0.717, 1.165) is 18.7 Å². The molecule has 0 spiro atoms. The van der Waals surface area contributed by atoms with Crippen LogP contribution >= 0.6 is 0 Å². The van der Waals surface area contributed by atoms with Crippen LogP contribution < -0.4 is 20.1 Å². The molecule has 3 N–H and O–H groups in total. The third kappa shape index (κ3) is 6.38. The van der Waals surface area contributed by atoms with Crippen LogP contribution in [0.2, 0.25) is 0 Å². The molecule has 32 heavy (non-hydrogen) atoms. The maximum absolute atomic E-state index is 10.3. The number of hydrogen-bond donors (Lipinski definition) is 3. The molecule has 0 bridgehead atoms. The van der Waals surface area contributed by atoms with E-state index in [1.807, 2.05) is 19.1 Å².